The molecule has 0 spiro atoms. The number of rotatable bonds is 6. The van der Waals surface area contributed by atoms with Gasteiger partial charge in [-0.2, -0.15) is 0 Å². The van der Waals surface area contributed by atoms with Gasteiger partial charge in [0.1, 0.15) is 6.73 Å². The van der Waals surface area contributed by atoms with Gasteiger partial charge in [0.2, 0.25) is 0 Å². The van der Waals surface area contributed by atoms with Crippen LogP contribution in [-0.4, -0.2) is 30.2 Å². The zero-order chi connectivity index (χ0) is 13.1. The van der Waals surface area contributed by atoms with E-state index >= 15 is 0 Å². The Kier molecular flexibility index (Phi) is 7.48. The van der Waals surface area contributed by atoms with Gasteiger partial charge in [0.15, 0.2) is 4.73 Å². The predicted octanol–water partition coefficient (Wildman–Crippen LogP) is -1.67. The maximum Gasteiger partial charge on any atom is 1.00 e. The van der Waals surface area contributed by atoms with Crippen molar-refractivity contribution in [3.63, 3.8) is 0 Å². The van der Waals surface area contributed by atoms with Crippen LogP contribution >= 0.6 is 15.9 Å². The molecule has 1 heterocycles. The van der Waals surface area contributed by atoms with Gasteiger partial charge in [-0.1, -0.05) is 19.6 Å². The Balaban J connectivity index is 0.00000289. The molecule has 18 heavy (non-hydrogen) atoms. The predicted molar refractivity (Wildman–Crippen MR) is 68.4 cm³/mol. The number of nitrogens with zero attached hydrogens (tertiary/aromatic N) is 2. The van der Waals surface area contributed by atoms with Gasteiger partial charge in [-0.05, 0) is 22.0 Å². The molecule has 0 saturated carbocycles. The monoisotopic (exact) mass is 326 g/mol. The molecule has 0 N–H and O–H groups in total. The number of carboxylic acid groups (broad SMARTS) is 1. The van der Waals surface area contributed by atoms with Crippen molar-refractivity contribution in [2.45, 2.75) is 32.4 Å². The molecule has 1 aromatic heterocycles. The van der Waals surface area contributed by atoms with Crippen LogP contribution in [0.1, 0.15) is 10.5 Å². The number of hydrogen-bond donors (Lipinski definition) is 0. The van der Waals surface area contributed by atoms with Crippen molar-refractivity contribution >= 4 is 30.0 Å². The quantitative estimate of drug-likeness (QED) is 0.463. The van der Waals surface area contributed by atoms with Crippen LogP contribution in [-0.2, 0) is 11.5 Å². The molecule has 0 aliphatic carbocycles. The van der Waals surface area contributed by atoms with Crippen LogP contribution in [0.5, 0.6) is 0 Å². The van der Waals surface area contributed by atoms with Crippen molar-refractivity contribution in [1.82, 2.24) is 9.55 Å². The summed E-state index contributed by atoms with van der Waals surface area (Å²) >= 11 is 3.17. The second kappa shape index (κ2) is 7.51. The second-order valence-electron chi connectivity index (χ2n) is 4.98. The van der Waals surface area contributed by atoms with Gasteiger partial charge in [-0.15, -0.1) is 0 Å². The SMILES string of the molecule is C[Si](C)(C)CCOCn1c(C(=O)[O-])cnc1Br.[Li+]. The molecule has 0 aliphatic rings. The van der Waals surface area contributed by atoms with Gasteiger partial charge in [-0.3, -0.25) is 4.57 Å². The van der Waals surface area contributed by atoms with Gasteiger partial charge >= 0.3 is 18.9 Å². The van der Waals surface area contributed by atoms with E-state index in [1.165, 1.54) is 10.8 Å². The average Bonchev–Trinajstić information content (AvgIpc) is 2.53. The summed E-state index contributed by atoms with van der Waals surface area (Å²) < 4.78 is 7.33. The minimum atomic E-state index is -1.25. The second-order valence-corrected chi connectivity index (χ2v) is 11.3. The molecule has 5 nitrogen and oxygen atoms in total. The molecule has 96 valence electrons. The molecule has 0 amide bonds. The fraction of sp³-hybridized carbons (Fsp3) is 0.600. The molecule has 8 heteroatoms. The summed E-state index contributed by atoms with van der Waals surface area (Å²) in [6.07, 6.45) is 1.25. The summed E-state index contributed by atoms with van der Waals surface area (Å²) in [4.78, 5) is 14.6. The third-order valence-electron chi connectivity index (χ3n) is 2.23. The minimum Gasteiger partial charge on any atom is -0.543 e. The summed E-state index contributed by atoms with van der Waals surface area (Å²) in [5.41, 5.74) is 0.0184. The number of halogens is 1. The van der Waals surface area contributed by atoms with E-state index in [0.29, 0.717) is 11.3 Å². The molecule has 0 bridgehead atoms. The Morgan fingerprint density at radius 1 is 1.56 bits per heavy atom. The van der Waals surface area contributed by atoms with Crippen LogP contribution in [0.2, 0.25) is 25.7 Å². The third-order valence-corrected chi connectivity index (χ3v) is 4.57. The van der Waals surface area contributed by atoms with Crippen LogP contribution in [0.4, 0.5) is 0 Å². The molecule has 1 rings (SSSR count). The van der Waals surface area contributed by atoms with Gasteiger partial charge in [-0.25, -0.2) is 4.98 Å². The van der Waals surface area contributed by atoms with Crippen LogP contribution in [0.3, 0.4) is 0 Å². The Bertz CT molecular complexity index is 406. The van der Waals surface area contributed by atoms with Crippen LogP contribution < -0.4 is 24.0 Å². The molecule has 0 aliphatic heterocycles. The van der Waals surface area contributed by atoms with Crippen LogP contribution in [0, 0.1) is 0 Å². The van der Waals surface area contributed by atoms with E-state index in [2.05, 4.69) is 40.6 Å². The van der Waals surface area contributed by atoms with Crippen LogP contribution in [0.15, 0.2) is 10.9 Å². The fourth-order valence-electron chi connectivity index (χ4n) is 1.17. The summed E-state index contributed by atoms with van der Waals surface area (Å²) in [5.74, 6) is -1.25. The van der Waals surface area contributed by atoms with Gasteiger partial charge in [0, 0.05) is 14.7 Å². The van der Waals surface area contributed by atoms with E-state index in [1.54, 1.807) is 0 Å². The third kappa shape index (κ3) is 5.72. The summed E-state index contributed by atoms with van der Waals surface area (Å²) in [6.45, 7) is 7.59. The number of aromatic carboxylic acids is 1. The number of ether oxygens (including phenoxy) is 1. The van der Waals surface area contributed by atoms with E-state index < -0.39 is 14.0 Å². The fourth-order valence-corrected chi connectivity index (χ4v) is 2.33. The number of carboxylic acids is 1. The van der Waals surface area contributed by atoms with Crippen molar-refractivity contribution in [2.24, 2.45) is 0 Å². The molecular weight excluding hydrogens is 311 g/mol. The Morgan fingerprint density at radius 2 is 2.17 bits per heavy atom. The van der Waals surface area contributed by atoms with Gasteiger partial charge in [0.05, 0.1) is 17.9 Å². The van der Waals surface area contributed by atoms with Crippen molar-refractivity contribution in [3.8, 4) is 0 Å². The largest absolute Gasteiger partial charge is 1.00 e. The van der Waals surface area contributed by atoms with E-state index in [4.69, 9.17) is 4.74 Å². The molecule has 0 atom stereocenters. The molecule has 0 fully saturated rings. The summed E-state index contributed by atoms with van der Waals surface area (Å²) in [6, 6.07) is 1.04. The molecule has 0 aromatic carbocycles. The van der Waals surface area contributed by atoms with E-state index in [0.717, 1.165) is 6.04 Å². The van der Waals surface area contributed by atoms with Gasteiger partial charge in [0.25, 0.3) is 0 Å². The van der Waals surface area contributed by atoms with E-state index in [1.807, 2.05) is 0 Å². The van der Waals surface area contributed by atoms with E-state index in [-0.39, 0.29) is 31.3 Å². The molecule has 0 radical (unpaired) electrons. The Labute approximate surface area is 128 Å². The zero-order valence-electron chi connectivity index (χ0n) is 11.2. The molecule has 0 unspecified atom stereocenters. The number of imidazole rings is 1. The van der Waals surface area contributed by atoms with Crippen molar-refractivity contribution in [3.05, 3.63) is 16.6 Å². The van der Waals surface area contributed by atoms with Crippen molar-refractivity contribution in [1.29, 1.82) is 0 Å². The summed E-state index contributed by atoms with van der Waals surface area (Å²) in [7, 11) is -1.12. The first-order valence-corrected chi connectivity index (χ1v) is 9.81. The Hall–Kier alpha value is -0.0657. The number of carbonyl (C=O) groups is 1. The molecule has 0 saturated heterocycles. The standard InChI is InChI=1S/C10H17BrN2O3Si.Li/c1-17(2,3)5-4-16-7-13-8(9(14)15)6-12-10(13)11;/h6H,4-5,7H2,1-3H3,(H,14,15);/q;+1/p-1. The number of aromatic nitrogens is 2. The molecular formula is C10H16BrLiN2O3Si. The molecule has 1 aromatic rings. The maximum atomic E-state index is 10.8. The smallest absolute Gasteiger partial charge is 0.543 e. The van der Waals surface area contributed by atoms with Crippen LogP contribution in [0.25, 0.3) is 0 Å². The first kappa shape index (κ1) is 17.9. The Morgan fingerprint density at radius 3 is 2.67 bits per heavy atom. The zero-order valence-corrected chi connectivity index (χ0v) is 13.8. The normalized spacial score (nSPS) is 11.1. The topological polar surface area (TPSA) is 67.2 Å². The number of carbonyl (C=O) groups excluding carboxylic acids is 1. The van der Waals surface area contributed by atoms with Crippen molar-refractivity contribution in [2.75, 3.05) is 6.61 Å². The maximum absolute atomic E-state index is 10.8. The minimum absolute atomic E-state index is 0. The van der Waals surface area contributed by atoms with E-state index in [9.17, 15) is 9.90 Å². The summed E-state index contributed by atoms with van der Waals surface area (Å²) in [5, 5.41) is 10.8. The number of hydrogen-bond acceptors (Lipinski definition) is 4. The van der Waals surface area contributed by atoms with Crippen molar-refractivity contribution < 1.29 is 33.5 Å². The average molecular weight is 327 g/mol. The first-order valence-electron chi connectivity index (χ1n) is 5.31. The van der Waals surface area contributed by atoms with Gasteiger partial charge < -0.3 is 14.6 Å². The first-order chi connectivity index (χ1) is 7.81.